The molecule has 0 spiro atoms. The molecule has 19 heavy (non-hydrogen) atoms. The maximum Gasteiger partial charge on any atom is 0.276 e. The van der Waals surface area contributed by atoms with E-state index in [1.165, 1.54) is 6.07 Å². The van der Waals surface area contributed by atoms with Crippen LogP contribution in [-0.2, 0) is 12.5 Å². The van der Waals surface area contributed by atoms with Gasteiger partial charge in [0.05, 0.1) is 16.4 Å². The fraction of sp³-hybridized carbons (Fsp3) is 0.143. The van der Waals surface area contributed by atoms with Crippen LogP contribution < -0.4 is 4.74 Å². The number of rotatable bonds is 5. The van der Waals surface area contributed by atoms with Crippen molar-refractivity contribution in [2.45, 2.75) is 12.5 Å². The Bertz CT molecular complexity index is 586. The number of nitro benzene ring substituents is 1. The van der Waals surface area contributed by atoms with Gasteiger partial charge in [0.15, 0.2) is 0 Å². The molecule has 4 nitrogen and oxygen atoms in total. The van der Waals surface area contributed by atoms with E-state index in [-0.39, 0.29) is 12.3 Å². The van der Waals surface area contributed by atoms with E-state index in [2.05, 4.69) is 0 Å². The predicted molar refractivity (Wildman–Crippen MR) is 73.4 cm³/mol. The van der Waals surface area contributed by atoms with Crippen molar-refractivity contribution in [1.82, 2.24) is 0 Å². The molecule has 98 valence electrons. The van der Waals surface area contributed by atoms with Gasteiger partial charge in [-0.1, -0.05) is 30.3 Å². The fourth-order valence-corrected chi connectivity index (χ4v) is 1.94. The van der Waals surface area contributed by atoms with Crippen LogP contribution in [0.4, 0.5) is 5.69 Å². The van der Waals surface area contributed by atoms with Crippen molar-refractivity contribution < 1.29 is 9.66 Å². The van der Waals surface area contributed by atoms with Crippen molar-refractivity contribution in [3.8, 4) is 5.75 Å². The molecule has 2 rings (SSSR count). The molecule has 0 saturated heterocycles. The molecule has 2 aromatic rings. The molecule has 0 fully saturated rings. The standard InChI is InChI=1S/C14H12ClNO3/c15-9-11-5-2-4-8-14(11)19-10-12-6-1-3-7-13(12)16(17)18/h1-8H,9-10H2. The monoisotopic (exact) mass is 277 g/mol. The van der Waals surface area contributed by atoms with Crippen LogP contribution >= 0.6 is 11.6 Å². The molecule has 0 aliphatic carbocycles. The zero-order valence-electron chi connectivity index (χ0n) is 10.1. The van der Waals surface area contributed by atoms with Gasteiger partial charge in [-0.2, -0.15) is 0 Å². The van der Waals surface area contributed by atoms with Crippen LogP contribution in [0.25, 0.3) is 0 Å². The van der Waals surface area contributed by atoms with E-state index in [4.69, 9.17) is 16.3 Å². The number of nitro groups is 1. The maximum absolute atomic E-state index is 10.9. The van der Waals surface area contributed by atoms with E-state index in [0.717, 1.165) is 5.56 Å². The molecule has 0 saturated carbocycles. The van der Waals surface area contributed by atoms with Crippen molar-refractivity contribution in [2.75, 3.05) is 0 Å². The van der Waals surface area contributed by atoms with Gasteiger partial charge < -0.3 is 4.74 Å². The number of para-hydroxylation sites is 2. The Morgan fingerprint density at radius 3 is 2.37 bits per heavy atom. The fourth-order valence-electron chi connectivity index (χ4n) is 1.72. The maximum atomic E-state index is 10.9. The van der Waals surface area contributed by atoms with E-state index >= 15 is 0 Å². The summed E-state index contributed by atoms with van der Waals surface area (Å²) in [5.74, 6) is 0.989. The van der Waals surface area contributed by atoms with E-state index in [0.29, 0.717) is 17.2 Å². The largest absolute Gasteiger partial charge is 0.488 e. The second-order valence-electron chi connectivity index (χ2n) is 3.92. The third-order valence-electron chi connectivity index (χ3n) is 2.69. The van der Waals surface area contributed by atoms with Crippen LogP contribution in [0, 0.1) is 10.1 Å². The first-order chi connectivity index (χ1) is 9.22. The molecule has 5 heteroatoms. The van der Waals surface area contributed by atoms with E-state index in [1.54, 1.807) is 24.3 Å². The quantitative estimate of drug-likeness (QED) is 0.473. The molecule has 0 aliphatic heterocycles. The minimum Gasteiger partial charge on any atom is -0.488 e. The van der Waals surface area contributed by atoms with Crippen molar-refractivity contribution in [1.29, 1.82) is 0 Å². The summed E-state index contributed by atoms with van der Waals surface area (Å²) < 4.78 is 5.62. The predicted octanol–water partition coefficient (Wildman–Crippen LogP) is 3.91. The van der Waals surface area contributed by atoms with Crippen LogP contribution in [0.5, 0.6) is 5.75 Å². The number of nitrogens with zero attached hydrogens (tertiary/aromatic N) is 1. The van der Waals surface area contributed by atoms with Crippen molar-refractivity contribution >= 4 is 17.3 Å². The van der Waals surface area contributed by atoms with Crippen LogP contribution in [0.1, 0.15) is 11.1 Å². The highest BCUT2D eigenvalue weighted by Gasteiger charge is 2.13. The molecule has 0 amide bonds. The number of ether oxygens (including phenoxy) is 1. The van der Waals surface area contributed by atoms with Crippen LogP contribution in [0.2, 0.25) is 0 Å². The minimum atomic E-state index is -0.411. The SMILES string of the molecule is O=[N+]([O-])c1ccccc1COc1ccccc1CCl. The highest BCUT2D eigenvalue weighted by atomic mass is 35.5. The van der Waals surface area contributed by atoms with Crippen molar-refractivity contribution in [3.05, 3.63) is 69.8 Å². The third-order valence-corrected chi connectivity index (χ3v) is 2.98. The summed E-state index contributed by atoms with van der Waals surface area (Å²) in [7, 11) is 0. The van der Waals surface area contributed by atoms with Crippen LogP contribution in [0.15, 0.2) is 48.5 Å². The molecule has 0 unspecified atom stereocenters. The first-order valence-electron chi connectivity index (χ1n) is 5.71. The third kappa shape index (κ3) is 3.23. The van der Waals surface area contributed by atoms with Crippen molar-refractivity contribution in [2.24, 2.45) is 0 Å². The molecule has 0 N–H and O–H groups in total. The van der Waals surface area contributed by atoms with Crippen LogP contribution in [0.3, 0.4) is 0 Å². The Labute approximate surface area is 115 Å². The van der Waals surface area contributed by atoms with Crippen LogP contribution in [-0.4, -0.2) is 4.92 Å². The first-order valence-corrected chi connectivity index (χ1v) is 6.25. The molecule has 0 radical (unpaired) electrons. The molecular weight excluding hydrogens is 266 g/mol. The second kappa shape index (κ2) is 6.20. The molecule has 2 aromatic carbocycles. The molecule has 0 bridgehead atoms. The Morgan fingerprint density at radius 2 is 1.68 bits per heavy atom. The average Bonchev–Trinajstić information content (AvgIpc) is 2.45. The number of hydrogen-bond donors (Lipinski definition) is 0. The van der Waals surface area contributed by atoms with E-state index in [9.17, 15) is 10.1 Å². The van der Waals surface area contributed by atoms with Gasteiger partial charge in [0.25, 0.3) is 5.69 Å². The first kappa shape index (κ1) is 13.4. The lowest BCUT2D eigenvalue weighted by atomic mass is 10.2. The summed E-state index contributed by atoms with van der Waals surface area (Å²) >= 11 is 5.81. The van der Waals surface area contributed by atoms with Gasteiger partial charge >= 0.3 is 0 Å². The highest BCUT2D eigenvalue weighted by molar-refractivity contribution is 6.17. The molecular formula is C14H12ClNO3. The van der Waals surface area contributed by atoms with Crippen molar-refractivity contribution in [3.63, 3.8) is 0 Å². The summed E-state index contributed by atoms with van der Waals surface area (Å²) in [6, 6.07) is 13.9. The van der Waals surface area contributed by atoms with Gasteiger partial charge in [0.2, 0.25) is 0 Å². The normalized spacial score (nSPS) is 10.2. The zero-order valence-corrected chi connectivity index (χ0v) is 10.8. The van der Waals surface area contributed by atoms with E-state index < -0.39 is 4.92 Å². The Hall–Kier alpha value is -2.07. The molecule has 0 aromatic heterocycles. The number of benzene rings is 2. The lowest BCUT2D eigenvalue weighted by Gasteiger charge is -2.09. The lowest BCUT2D eigenvalue weighted by Crippen LogP contribution is -2.01. The van der Waals surface area contributed by atoms with Gasteiger partial charge in [-0.15, -0.1) is 11.6 Å². The zero-order chi connectivity index (χ0) is 13.7. The second-order valence-corrected chi connectivity index (χ2v) is 4.18. The Balaban J connectivity index is 2.17. The topological polar surface area (TPSA) is 52.4 Å². The Morgan fingerprint density at radius 1 is 1.05 bits per heavy atom. The number of halogens is 1. The summed E-state index contributed by atoms with van der Waals surface area (Å²) in [6.07, 6.45) is 0. The van der Waals surface area contributed by atoms with Gasteiger partial charge in [-0.05, 0) is 12.1 Å². The summed E-state index contributed by atoms with van der Waals surface area (Å²) in [6.45, 7) is 0.144. The minimum absolute atomic E-state index is 0.0610. The number of alkyl halides is 1. The lowest BCUT2D eigenvalue weighted by molar-refractivity contribution is -0.385. The summed E-state index contributed by atoms with van der Waals surface area (Å²) in [5.41, 5.74) is 1.46. The van der Waals surface area contributed by atoms with Gasteiger partial charge in [0.1, 0.15) is 12.4 Å². The van der Waals surface area contributed by atoms with E-state index in [1.807, 2.05) is 18.2 Å². The summed E-state index contributed by atoms with van der Waals surface area (Å²) in [4.78, 5) is 10.5. The highest BCUT2D eigenvalue weighted by Crippen LogP contribution is 2.23. The smallest absolute Gasteiger partial charge is 0.276 e. The van der Waals surface area contributed by atoms with Gasteiger partial charge in [-0.3, -0.25) is 10.1 Å². The summed E-state index contributed by atoms with van der Waals surface area (Å²) in [5, 5.41) is 10.9. The van der Waals surface area contributed by atoms with Gasteiger partial charge in [0, 0.05) is 11.6 Å². The Kier molecular flexibility index (Phi) is 4.36. The molecule has 0 atom stereocenters. The average molecular weight is 278 g/mol. The number of hydrogen-bond acceptors (Lipinski definition) is 3. The molecule has 0 aliphatic rings. The molecule has 0 heterocycles. The van der Waals surface area contributed by atoms with Gasteiger partial charge in [-0.25, -0.2) is 0 Å².